The first-order chi connectivity index (χ1) is 15.7. The molecule has 2 aliphatic heterocycles. The van der Waals surface area contributed by atoms with Gasteiger partial charge >= 0.3 is 0 Å². The number of allylic oxidation sites excluding steroid dienone is 2. The van der Waals surface area contributed by atoms with E-state index in [9.17, 15) is 15.8 Å². The molecule has 0 aromatic heterocycles. The van der Waals surface area contributed by atoms with Crippen LogP contribution in [0.2, 0.25) is 0 Å². The highest BCUT2D eigenvalue weighted by atomic mass is 16.7. The third-order valence-corrected chi connectivity index (χ3v) is 7.45. The Bertz CT molecular complexity index is 1170. The van der Waals surface area contributed by atoms with Crippen LogP contribution in [0.3, 0.4) is 0 Å². The summed E-state index contributed by atoms with van der Waals surface area (Å²) in [5, 5.41) is 40.2. The number of para-hydroxylation sites is 1. The Kier molecular flexibility index (Phi) is 5.32. The van der Waals surface area contributed by atoms with Gasteiger partial charge in [0.15, 0.2) is 5.41 Å². The second kappa shape index (κ2) is 7.77. The zero-order valence-electron chi connectivity index (χ0n) is 19.0. The van der Waals surface area contributed by atoms with Gasteiger partial charge in [0.05, 0.1) is 31.2 Å². The molecule has 5 unspecified atom stereocenters. The van der Waals surface area contributed by atoms with Crippen LogP contribution in [-0.2, 0) is 9.47 Å². The number of nitrogens with one attached hydrogen (secondary N) is 1. The van der Waals surface area contributed by atoms with Crippen molar-refractivity contribution in [3.63, 3.8) is 0 Å². The molecule has 33 heavy (non-hydrogen) atoms. The van der Waals surface area contributed by atoms with Crippen molar-refractivity contribution in [2.75, 3.05) is 7.11 Å². The van der Waals surface area contributed by atoms with E-state index in [4.69, 9.17) is 19.6 Å². The molecule has 0 saturated carbocycles. The number of ether oxygens (including phenoxy) is 3. The van der Waals surface area contributed by atoms with Crippen molar-refractivity contribution in [1.82, 2.24) is 0 Å². The highest BCUT2D eigenvalue weighted by Gasteiger charge is 2.80. The summed E-state index contributed by atoms with van der Waals surface area (Å²) in [6.45, 7) is 7.71. The Labute approximate surface area is 194 Å². The summed E-state index contributed by atoms with van der Waals surface area (Å²) in [4.78, 5) is 0. The van der Waals surface area contributed by atoms with Gasteiger partial charge in [-0.1, -0.05) is 36.4 Å². The first-order valence-corrected chi connectivity index (χ1v) is 10.9. The lowest BCUT2D eigenvalue weighted by Crippen LogP contribution is -2.61. The zero-order valence-corrected chi connectivity index (χ0v) is 19.0. The molecule has 2 saturated heterocycles. The molecule has 1 aromatic rings. The number of nitriles is 3. The molecule has 7 nitrogen and oxygen atoms in total. The Hall–Kier alpha value is -3.60. The van der Waals surface area contributed by atoms with E-state index in [0.717, 1.165) is 24.0 Å². The van der Waals surface area contributed by atoms with Crippen LogP contribution in [0.5, 0.6) is 5.75 Å². The Balaban J connectivity index is 1.94. The summed E-state index contributed by atoms with van der Waals surface area (Å²) in [7, 11) is 1.51. The molecule has 7 heteroatoms. The molecule has 5 atom stereocenters. The van der Waals surface area contributed by atoms with E-state index in [1.165, 1.54) is 7.11 Å². The lowest BCUT2D eigenvalue weighted by Gasteiger charge is -2.50. The number of hydrogen-bond acceptors (Lipinski definition) is 7. The summed E-state index contributed by atoms with van der Waals surface area (Å²) in [5.41, 5.74) is -1.43. The summed E-state index contributed by atoms with van der Waals surface area (Å²) >= 11 is 0. The largest absolute Gasteiger partial charge is 0.496 e. The highest BCUT2D eigenvalue weighted by Crippen LogP contribution is 2.68. The van der Waals surface area contributed by atoms with Gasteiger partial charge in [-0.25, -0.2) is 0 Å². The van der Waals surface area contributed by atoms with Crippen LogP contribution in [0.1, 0.15) is 44.6 Å². The summed E-state index contributed by atoms with van der Waals surface area (Å²) in [6.07, 6.45) is 3.15. The van der Waals surface area contributed by atoms with Gasteiger partial charge in [0.2, 0.25) is 17.1 Å². The fourth-order valence-corrected chi connectivity index (χ4v) is 5.73. The number of benzene rings is 1. The van der Waals surface area contributed by atoms with Crippen molar-refractivity contribution in [2.24, 2.45) is 16.7 Å². The molecule has 0 radical (unpaired) electrons. The molecule has 168 valence electrons. The molecular formula is C26H26N4O3. The third kappa shape index (κ3) is 2.85. The van der Waals surface area contributed by atoms with Crippen LogP contribution in [0, 0.1) is 56.2 Å². The topological polar surface area (TPSA) is 123 Å². The van der Waals surface area contributed by atoms with Gasteiger partial charge < -0.3 is 14.2 Å². The number of rotatable bonds is 4. The Morgan fingerprint density at radius 2 is 1.91 bits per heavy atom. The molecule has 2 heterocycles. The van der Waals surface area contributed by atoms with Gasteiger partial charge in [0.1, 0.15) is 11.9 Å². The SMILES string of the molecule is C=C(C)C1CC=C(C2OC3(C)OC(=N)C(C#N)(C3c3ccccc3OC)C2(C#N)C#N)CC1. The molecular weight excluding hydrogens is 416 g/mol. The third-order valence-electron chi connectivity index (χ3n) is 7.45. The highest BCUT2D eigenvalue weighted by molar-refractivity contribution is 5.91. The maximum absolute atomic E-state index is 10.6. The van der Waals surface area contributed by atoms with Gasteiger partial charge in [0.25, 0.3) is 0 Å². The van der Waals surface area contributed by atoms with E-state index in [1.54, 1.807) is 31.2 Å². The smallest absolute Gasteiger partial charge is 0.219 e. The maximum Gasteiger partial charge on any atom is 0.219 e. The number of hydrogen-bond donors (Lipinski definition) is 1. The normalized spacial score (nSPS) is 34.1. The minimum absolute atomic E-state index is 0.323. The van der Waals surface area contributed by atoms with E-state index >= 15 is 0 Å². The van der Waals surface area contributed by atoms with Gasteiger partial charge in [0, 0.05) is 12.5 Å². The standard InChI is InChI=1S/C26H26N4O3/c1-16(2)17-9-11-18(12-10-17)22-25(13-27,14-28)26(15-29)21(24(3,32-22)33-23(26)30)19-7-5-6-8-20(19)31-4/h5-8,11,17,21-22,30H,1,9-10,12H2,2-4H3. The number of nitrogens with zero attached hydrogens (tertiary/aromatic N) is 3. The molecule has 3 aliphatic rings. The van der Waals surface area contributed by atoms with Gasteiger partial charge in [-0.2, -0.15) is 15.8 Å². The van der Waals surface area contributed by atoms with E-state index in [-0.39, 0.29) is 0 Å². The Morgan fingerprint density at radius 3 is 2.45 bits per heavy atom. The van der Waals surface area contributed by atoms with Gasteiger partial charge in [-0.05, 0) is 43.7 Å². The van der Waals surface area contributed by atoms with Crippen LogP contribution < -0.4 is 4.74 Å². The summed E-state index contributed by atoms with van der Waals surface area (Å²) in [5.74, 6) is -1.98. The zero-order chi connectivity index (χ0) is 24.0. The summed E-state index contributed by atoms with van der Waals surface area (Å²) < 4.78 is 17.9. The number of methoxy groups -OCH3 is 1. The minimum atomic E-state index is -1.98. The first-order valence-electron chi connectivity index (χ1n) is 10.9. The van der Waals surface area contributed by atoms with Gasteiger partial charge in [-0.15, -0.1) is 0 Å². The Morgan fingerprint density at radius 1 is 1.21 bits per heavy atom. The molecule has 2 fully saturated rings. The van der Waals surface area contributed by atoms with Gasteiger partial charge in [-0.3, -0.25) is 5.41 Å². The van der Waals surface area contributed by atoms with E-state index < -0.39 is 34.5 Å². The molecule has 1 aliphatic carbocycles. The first kappa shape index (κ1) is 22.6. The van der Waals surface area contributed by atoms with Crippen molar-refractivity contribution < 1.29 is 14.2 Å². The fraction of sp³-hybridized carbons (Fsp3) is 0.462. The molecule has 2 bridgehead atoms. The average Bonchev–Trinajstić information content (AvgIpc) is 3.01. The minimum Gasteiger partial charge on any atom is -0.496 e. The van der Waals surface area contributed by atoms with Crippen molar-refractivity contribution in [1.29, 1.82) is 21.2 Å². The molecule has 1 aromatic carbocycles. The second-order valence-electron chi connectivity index (χ2n) is 9.17. The monoisotopic (exact) mass is 442 g/mol. The van der Waals surface area contributed by atoms with Crippen LogP contribution in [-0.4, -0.2) is 24.9 Å². The van der Waals surface area contributed by atoms with Crippen molar-refractivity contribution in [3.05, 3.63) is 53.6 Å². The van der Waals surface area contributed by atoms with Crippen LogP contribution in [0.25, 0.3) is 0 Å². The predicted molar refractivity (Wildman–Crippen MR) is 120 cm³/mol. The molecule has 0 spiro atoms. The van der Waals surface area contributed by atoms with Crippen molar-refractivity contribution in [2.45, 2.75) is 50.9 Å². The molecule has 0 amide bonds. The van der Waals surface area contributed by atoms with Crippen molar-refractivity contribution >= 4 is 5.90 Å². The quantitative estimate of drug-likeness (QED) is 0.671. The van der Waals surface area contributed by atoms with Crippen LogP contribution in [0.15, 0.2) is 48.1 Å². The molecule has 4 rings (SSSR count). The molecule has 1 N–H and O–H groups in total. The maximum atomic E-state index is 10.6. The van der Waals surface area contributed by atoms with Crippen LogP contribution >= 0.6 is 0 Å². The second-order valence-corrected chi connectivity index (χ2v) is 9.17. The predicted octanol–water partition coefficient (Wildman–Crippen LogP) is 4.75. The van der Waals surface area contributed by atoms with E-state index in [2.05, 4.69) is 24.8 Å². The fourth-order valence-electron chi connectivity index (χ4n) is 5.73. The van der Waals surface area contributed by atoms with E-state index in [0.29, 0.717) is 23.7 Å². The van der Waals surface area contributed by atoms with Crippen LogP contribution in [0.4, 0.5) is 0 Å². The van der Waals surface area contributed by atoms with E-state index in [1.807, 2.05) is 13.0 Å². The summed E-state index contributed by atoms with van der Waals surface area (Å²) in [6, 6.07) is 13.5. The average molecular weight is 443 g/mol. The lowest BCUT2D eigenvalue weighted by atomic mass is 9.51. The van der Waals surface area contributed by atoms with Crippen molar-refractivity contribution in [3.8, 4) is 24.0 Å². The number of fused-ring (bicyclic) bond motifs is 2. The lowest BCUT2D eigenvalue weighted by molar-refractivity contribution is -0.241.